The number of ether oxygens (including phenoxy) is 5. The maximum absolute atomic E-state index is 14.7. The van der Waals surface area contributed by atoms with Crippen LogP contribution >= 0.6 is 0 Å². The SMILES string of the molecule is C=CCOC12Oc3ccc(OCc4ccccc4F)cc3C3C(CCCCO)C(CCCCO)C=C(C(=NOC4CCCCO4)CC1N(CCOCCO)C(=O)C1CC1)C32. The van der Waals surface area contributed by atoms with E-state index >= 15 is 0 Å². The zero-order valence-corrected chi connectivity index (χ0v) is 34.8. The number of allylic oxidation sites excluding steroid dienone is 1. The third-order valence-corrected chi connectivity index (χ3v) is 12.7. The molecule has 0 spiro atoms. The van der Waals surface area contributed by atoms with Crippen molar-refractivity contribution in [3.63, 3.8) is 0 Å². The lowest BCUT2D eigenvalue weighted by Crippen LogP contribution is -2.70. The molecule has 0 aromatic heterocycles. The smallest absolute Gasteiger partial charge is 0.239 e. The van der Waals surface area contributed by atoms with Gasteiger partial charge < -0.3 is 48.7 Å². The minimum Gasteiger partial charge on any atom is -0.489 e. The maximum atomic E-state index is 14.7. The summed E-state index contributed by atoms with van der Waals surface area (Å²) in [7, 11) is 0. The molecule has 13 heteroatoms. The second-order valence-electron chi connectivity index (χ2n) is 16.7. The van der Waals surface area contributed by atoms with E-state index in [4.69, 9.17) is 33.7 Å². The number of amides is 1. The predicted molar refractivity (Wildman–Crippen MR) is 223 cm³/mol. The van der Waals surface area contributed by atoms with E-state index in [1.165, 1.54) is 6.07 Å². The van der Waals surface area contributed by atoms with Crippen LogP contribution in [0.5, 0.6) is 11.5 Å². The van der Waals surface area contributed by atoms with Gasteiger partial charge >= 0.3 is 0 Å². The fraction of sp³-hybridized carbons (Fsp3) is 0.617. The van der Waals surface area contributed by atoms with Gasteiger partial charge in [0.05, 0.1) is 44.7 Å². The number of unbranched alkanes of at least 4 members (excludes halogenated alkanes) is 2. The number of benzene rings is 2. The molecule has 1 amide bonds. The molecule has 60 heavy (non-hydrogen) atoms. The van der Waals surface area contributed by atoms with E-state index in [9.17, 15) is 24.5 Å². The number of hydrogen-bond donors (Lipinski definition) is 3. The first kappa shape index (κ1) is 44.2. The molecule has 3 fully saturated rings. The minimum absolute atomic E-state index is 0.00230. The van der Waals surface area contributed by atoms with Crippen LogP contribution in [0.2, 0.25) is 0 Å². The Morgan fingerprint density at radius 2 is 1.82 bits per heavy atom. The molecule has 1 saturated heterocycles. The van der Waals surface area contributed by atoms with E-state index in [2.05, 4.69) is 12.7 Å². The Morgan fingerprint density at radius 3 is 2.55 bits per heavy atom. The molecule has 2 aromatic carbocycles. The quantitative estimate of drug-likeness (QED) is 0.0620. The summed E-state index contributed by atoms with van der Waals surface area (Å²) in [6.07, 6.45) is 12.5. The fourth-order valence-corrected chi connectivity index (χ4v) is 9.75. The molecule has 2 saturated carbocycles. The van der Waals surface area contributed by atoms with Crippen molar-refractivity contribution in [1.29, 1.82) is 0 Å². The number of hydrogen-bond acceptors (Lipinski definition) is 11. The first-order valence-corrected chi connectivity index (χ1v) is 22.1. The van der Waals surface area contributed by atoms with Crippen LogP contribution in [0.25, 0.3) is 0 Å². The first-order chi connectivity index (χ1) is 29.4. The molecule has 0 bridgehead atoms. The van der Waals surface area contributed by atoms with Crippen molar-refractivity contribution in [2.75, 3.05) is 52.8 Å². The van der Waals surface area contributed by atoms with Gasteiger partial charge in [0.2, 0.25) is 18.0 Å². The van der Waals surface area contributed by atoms with E-state index in [0.717, 1.165) is 68.9 Å². The Labute approximate surface area is 353 Å². The summed E-state index contributed by atoms with van der Waals surface area (Å²) in [5.41, 5.74) is 2.99. The maximum Gasteiger partial charge on any atom is 0.239 e. The van der Waals surface area contributed by atoms with Crippen LogP contribution in [-0.4, -0.2) is 103 Å². The highest BCUT2D eigenvalue weighted by molar-refractivity contribution is 6.03. The molecule has 2 aliphatic heterocycles. The molecule has 7 rings (SSSR count). The van der Waals surface area contributed by atoms with Gasteiger partial charge in [0.1, 0.15) is 30.0 Å². The van der Waals surface area contributed by atoms with Gasteiger partial charge in [0.25, 0.3) is 0 Å². The Balaban J connectivity index is 1.40. The molecule has 328 valence electrons. The number of rotatable bonds is 23. The van der Waals surface area contributed by atoms with Crippen LogP contribution in [0.4, 0.5) is 4.39 Å². The van der Waals surface area contributed by atoms with Crippen molar-refractivity contribution < 1.29 is 53.0 Å². The fourth-order valence-electron chi connectivity index (χ4n) is 9.75. The van der Waals surface area contributed by atoms with Gasteiger partial charge in [-0.3, -0.25) is 4.79 Å². The summed E-state index contributed by atoms with van der Waals surface area (Å²) >= 11 is 0. The number of carbonyl (C=O) groups is 1. The molecule has 2 aromatic rings. The molecule has 5 aliphatic rings. The molecule has 3 aliphatic carbocycles. The number of fused-ring (bicyclic) bond motifs is 2. The van der Waals surface area contributed by atoms with Crippen molar-refractivity contribution in [3.8, 4) is 11.5 Å². The zero-order valence-electron chi connectivity index (χ0n) is 34.8. The van der Waals surface area contributed by atoms with E-state index in [-0.39, 0.29) is 94.6 Å². The number of oxime groups is 1. The van der Waals surface area contributed by atoms with Crippen LogP contribution in [0.3, 0.4) is 0 Å². The Morgan fingerprint density at radius 1 is 1.00 bits per heavy atom. The number of carbonyl (C=O) groups excluding carboxylic acids is 1. The van der Waals surface area contributed by atoms with Crippen LogP contribution in [0.1, 0.15) is 94.1 Å². The van der Waals surface area contributed by atoms with Crippen molar-refractivity contribution >= 4 is 11.6 Å². The zero-order chi connectivity index (χ0) is 41.9. The van der Waals surface area contributed by atoms with E-state index < -0.39 is 24.0 Å². The average molecular weight is 835 g/mol. The van der Waals surface area contributed by atoms with E-state index in [1.807, 2.05) is 23.1 Å². The van der Waals surface area contributed by atoms with Gasteiger partial charge in [0.15, 0.2) is 0 Å². The topological polar surface area (TPSA) is 149 Å². The van der Waals surface area contributed by atoms with E-state index in [0.29, 0.717) is 42.2 Å². The summed E-state index contributed by atoms with van der Waals surface area (Å²) < 4.78 is 47.2. The van der Waals surface area contributed by atoms with Gasteiger partial charge in [0, 0.05) is 55.6 Å². The monoisotopic (exact) mass is 834 g/mol. The van der Waals surface area contributed by atoms with Gasteiger partial charge in [-0.1, -0.05) is 48.3 Å². The summed E-state index contributed by atoms with van der Waals surface area (Å²) in [4.78, 5) is 22.7. The standard InChI is InChI=1S/C47H63FN2O10/c1-2-24-58-47-42(50(20-26-55-27-23-53)46(54)32-16-17-32)30-40(49-60-43-15-7-10-25-56-43)37-28-33(11-5-8-21-51)36(13-6-9-22-52)44(45(37)47)38-29-35(18-19-41(38)59-47)57-31-34-12-3-4-14-39(34)48/h2-4,12,14,18-19,28-29,32-33,36,42-45,51-53H,1,5-11,13,15-17,20-27,30-31H2. The normalized spacial score (nSPS) is 27.6. The van der Waals surface area contributed by atoms with Crippen LogP contribution in [-0.2, 0) is 30.4 Å². The average Bonchev–Trinajstić information content (AvgIpc) is 4.12. The van der Waals surface area contributed by atoms with Crippen LogP contribution in [0.15, 0.2) is 71.9 Å². The molecule has 7 atom stereocenters. The van der Waals surface area contributed by atoms with E-state index in [1.54, 1.807) is 24.3 Å². The van der Waals surface area contributed by atoms with Crippen molar-refractivity contribution in [2.24, 2.45) is 28.8 Å². The third-order valence-electron chi connectivity index (χ3n) is 12.7. The first-order valence-electron chi connectivity index (χ1n) is 22.1. The molecule has 7 unspecified atom stereocenters. The summed E-state index contributed by atoms with van der Waals surface area (Å²) in [6, 6.07) is 11.6. The van der Waals surface area contributed by atoms with Gasteiger partial charge in [-0.05, 0) is 93.0 Å². The van der Waals surface area contributed by atoms with Gasteiger partial charge in [-0.2, -0.15) is 0 Å². The molecular weight excluding hydrogens is 772 g/mol. The Hall–Kier alpha value is -3.85. The molecule has 2 heterocycles. The number of aliphatic hydroxyl groups is 3. The number of nitrogens with zero attached hydrogens (tertiary/aromatic N) is 2. The highest BCUT2D eigenvalue weighted by atomic mass is 19.1. The highest BCUT2D eigenvalue weighted by Gasteiger charge is 2.66. The lowest BCUT2D eigenvalue weighted by atomic mass is 9.55. The Bertz CT molecular complexity index is 1800. The van der Waals surface area contributed by atoms with Gasteiger partial charge in [-0.15, -0.1) is 6.58 Å². The van der Waals surface area contributed by atoms with Crippen LogP contribution in [0, 0.1) is 29.5 Å². The molecule has 3 N–H and O–H groups in total. The summed E-state index contributed by atoms with van der Waals surface area (Å²) in [6.45, 7) is 5.44. The molecule has 0 radical (unpaired) electrons. The van der Waals surface area contributed by atoms with Crippen molar-refractivity contribution in [3.05, 3.63) is 83.7 Å². The molecule has 12 nitrogen and oxygen atoms in total. The lowest BCUT2D eigenvalue weighted by molar-refractivity contribution is -0.258. The summed E-state index contributed by atoms with van der Waals surface area (Å²) in [5.74, 6) is -1.34. The third kappa shape index (κ3) is 10.1. The largest absolute Gasteiger partial charge is 0.489 e. The second kappa shape index (κ2) is 21.3. The second-order valence-corrected chi connectivity index (χ2v) is 16.7. The highest BCUT2D eigenvalue weighted by Crippen LogP contribution is 2.62. The van der Waals surface area contributed by atoms with Crippen molar-refractivity contribution in [1.82, 2.24) is 4.90 Å². The van der Waals surface area contributed by atoms with Gasteiger partial charge in [-0.25, -0.2) is 4.39 Å². The Kier molecular flexibility index (Phi) is 15.7. The van der Waals surface area contributed by atoms with Crippen molar-refractivity contribution in [2.45, 2.75) is 108 Å². The summed E-state index contributed by atoms with van der Waals surface area (Å²) in [5, 5.41) is 34.3. The predicted octanol–water partition coefficient (Wildman–Crippen LogP) is 6.81. The minimum atomic E-state index is -1.40. The van der Waals surface area contributed by atoms with Crippen LogP contribution < -0.4 is 9.47 Å². The molecular formula is C47H63FN2O10. The lowest BCUT2D eigenvalue weighted by Gasteiger charge is -2.60. The number of aliphatic hydroxyl groups excluding tert-OH is 3. The number of halogens is 1.